The van der Waals surface area contributed by atoms with E-state index in [2.05, 4.69) is 5.32 Å². The van der Waals surface area contributed by atoms with Crippen LogP contribution in [0, 0.1) is 13.8 Å². The van der Waals surface area contributed by atoms with E-state index in [0.717, 1.165) is 17.5 Å². The third-order valence-electron chi connectivity index (χ3n) is 4.00. The van der Waals surface area contributed by atoms with Crippen LogP contribution in [0.15, 0.2) is 18.2 Å². The first kappa shape index (κ1) is 15.5. The number of benzene rings is 1. The van der Waals surface area contributed by atoms with Gasteiger partial charge in [0.1, 0.15) is 0 Å². The van der Waals surface area contributed by atoms with Crippen molar-refractivity contribution in [3.05, 3.63) is 29.3 Å². The van der Waals surface area contributed by atoms with Crippen LogP contribution in [0.1, 0.15) is 24.5 Å². The van der Waals surface area contributed by atoms with Crippen molar-refractivity contribution in [1.29, 1.82) is 0 Å². The average molecular weight is 290 g/mol. The fourth-order valence-corrected chi connectivity index (χ4v) is 2.39. The number of ether oxygens (including phenoxy) is 1. The van der Waals surface area contributed by atoms with Gasteiger partial charge in [-0.1, -0.05) is 12.1 Å². The van der Waals surface area contributed by atoms with Crippen molar-refractivity contribution in [2.75, 3.05) is 25.1 Å². The molecule has 0 unspecified atom stereocenters. The molecule has 0 bridgehead atoms. The number of hydrogen-bond donors (Lipinski definition) is 1. The van der Waals surface area contributed by atoms with E-state index in [-0.39, 0.29) is 6.04 Å². The van der Waals surface area contributed by atoms with Gasteiger partial charge in [-0.3, -0.25) is 9.59 Å². The summed E-state index contributed by atoms with van der Waals surface area (Å²) in [6, 6.07) is 5.67. The molecule has 1 fully saturated rings. The van der Waals surface area contributed by atoms with Gasteiger partial charge in [0.25, 0.3) is 0 Å². The number of carbonyl (C=O) groups excluding carboxylic acids is 2. The van der Waals surface area contributed by atoms with Gasteiger partial charge in [0, 0.05) is 24.9 Å². The lowest BCUT2D eigenvalue weighted by Gasteiger charge is -2.25. The van der Waals surface area contributed by atoms with Crippen LogP contribution in [0.2, 0.25) is 0 Å². The van der Waals surface area contributed by atoms with Crippen molar-refractivity contribution in [3.8, 4) is 0 Å². The van der Waals surface area contributed by atoms with Crippen LogP contribution < -0.4 is 5.32 Å². The summed E-state index contributed by atoms with van der Waals surface area (Å²) in [6.07, 6.45) is 0.752. The lowest BCUT2D eigenvalue weighted by atomic mass is 10.1. The zero-order valence-corrected chi connectivity index (χ0v) is 12.8. The van der Waals surface area contributed by atoms with Crippen LogP contribution in [0.5, 0.6) is 0 Å². The van der Waals surface area contributed by atoms with Crippen molar-refractivity contribution in [1.82, 2.24) is 4.90 Å². The number of amides is 2. The maximum atomic E-state index is 12.3. The number of anilines is 1. The Kier molecular flexibility index (Phi) is 4.96. The van der Waals surface area contributed by atoms with Gasteiger partial charge in [0.05, 0.1) is 6.61 Å². The molecule has 21 heavy (non-hydrogen) atoms. The zero-order valence-electron chi connectivity index (χ0n) is 12.8. The maximum Gasteiger partial charge on any atom is 0.313 e. The first-order valence-corrected chi connectivity index (χ1v) is 7.26. The van der Waals surface area contributed by atoms with Crippen LogP contribution >= 0.6 is 0 Å². The number of hydrogen-bond acceptors (Lipinski definition) is 3. The largest absolute Gasteiger partial charge is 0.380 e. The van der Waals surface area contributed by atoms with Crippen LogP contribution in [0.25, 0.3) is 0 Å². The van der Waals surface area contributed by atoms with Crippen LogP contribution in [-0.2, 0) is 14.3 Å². The molecule has 1 N–H and O–H groups in total. The SMILES string of the molecule is Cc1cccc(NC(=O)C(=O)N2CCOCC[C@H]2C)c1C. The maximum absolute atomic E-state index is 12.3. The number of aryl methyl sites for hydroxylation is 1. The van der Waals surface area contributed by atoms with Crippen molar-refractivity contribution >= 4 is 17.5 Å². The summed E-state index contributed by atoms with van der Waals surface area (Å²) < 4.78 is 5.35. The third-order valence-corrected chi connectivity index (χ3v) is 4.00. The molecule has 0 radical (unpaired) electrons. The molecule has 0 aliphatic carbocycles. The van der Waals surface area contributed by atoms with E-state index in [1.807, 2.05) is 39.0 Å². The number of rotatable bonds is 1. The molecule has 1 aliphatic rings. The Hall–Kier alpha value is -1.88. The third kappa shape index (κ3) is 3.61. The quantitative estimate of drug-likeness (QED) is 0.803. The Morgan fingerprint density at radius 2 is 2.05 bits per heavy atom. The van der Waals surface area contributed by atoms with Gasteiger partial charge < -0.3 is 15.0 Å². The minimum atomic E-state index is -0.586. The van der Waals surface area contributed by atoms with Gasteiger partial charge in [0.15, 0.2) is 0 Å². The molecule has 2 amide bonds. The van der Waals surface area contributed by atoms with Gasteiger partial charge in [-0.2, -0.15) is 0 Å². The molecular weight excluding hydrogens is 268 g/mol. The second-order valence-corrected chi connectivity index (χ2v) is 5.45. The fourth-order valence-electron chi connectivity index (χ4n) is 2.39. The number of nitrogens with zero attached hydrogens (tertiary/aromatic N) is 1. The van der Waals surface area contributed by atoms with Gasteiger partial charge >= 0.3 is 11.8 Å². The predicted octanol–water partition coefficient (Wildman–Crippen LogP) is 1.88. The Balaban J connectivity index is 2.08. The van der Waals surface area contributed by atoms with Crippen molar-refractivity contribution in [2.24, 2.45) is 0 Å². The Labute approximate surface area is 125 Å². The van der Waals surface area contributed by atoms with E-state index in [0.29, 0.717) is 25.4 Å². The molecule has 2 rings (SSSR count). The summed E-state index contributed by atoms with van der Waals surface area (Å²) in [6.45, 7) is 7.41. The second-order valence-electron chi connectivity index (χ2n) is 5.45. The molecule has 5 nitrogen and oxygen atoms in total. The molecule has 1 heterocycles. The minimum Gasteiger partial charge on any atom is -0.380 e. The second kappa shape index (κ2) is 6.72. The molecule has 0 saturated carbocycles. The Bertz CT molecular complexity index is 542. The Morgan fingerprint density at radius 3 is 2.81 bits per heavy atom. The monoisotopic (exact) mass is 290 g/mol. The fraction of sp³-hybridized carbons (Fsp3) is 0.500. The first-order chi connectivity index (χ1) is 10.0. The molecule has 1 aromatic carbocycles. The lowest BCUT2D eigenvalue weighted by Crippen LogP contribution is -2.45. The normalized spacial score (nSPS) is 19.0. The molecule has 1 saturated heterocycles. The molecule has 114 valence electrons. The first-order valence-electron chi connectivity index (χ1n) is 7.26. The number of nitrogens with one attached hydrogen (secondary N) is 1. The molecule has 0 spiro atoms. The smallest absolute Gasteiger partial charge is 0.313 e. The molecule has 5 heteroatoms. The van der Waals surface area contributed by atoms with Gasteiger partial charge in [0.2, 0.25) is 0 Å². The highest BCUT2D eigenvalue weighted by Gasteiger charge is 2.27. The molecule has 1 aliphatic heterocycles. The zero-order chi connectivity index (χ0) is 15.4. The predicted molar refractivity (Wildman–Crippen MR) is 81.2 cm³/mol. The molecular formula is C16H22N2O3. The van der Waals surface area contributed by atoms with E-state index >= 15 is 0 Å². The summed E-state index contributed by atoms with van der Waals surface area (Å²) in [5, 5.41) is 2.72. The standard InChI is InChI=1S/C16H22N2O3/c1-11-5-4-6-14(13(11)3)17-15(19)16(20)18-8-10-21-9-7-12(18)2/h4-6,12H,7-10H2,1-3H3,(H,17,19)/t12-/m1/s1. The molecule has 1 atom stereocenters. The van der Waals surface area contributed by atoms with E-state index < -0.39 is 11.8 Å². The van der Waals surface area contributed by atoms with E-state index in [9.17, 15) is 9.59 Å². The summed E-state index contributed by atoms with van der Waals surface area (Å²) >= 11 is 0. The highest BCUT2D eigenvalue weighted by Crippen LogP contribution is 2.18. The van der Waals surface area contributed by atoms with E-state index in [1.165, 1.54) is 0 Å². The van der Waals surface area contributed by atoms with Crippen LogP contribution in [0.3, 0.4) is 0 Å². The topological polar surface area (TPSA) is 58.6 Å². The van der Waals surface area contributed by atoms with Crippen molar-refractivity contribution in [3.63, 3.8) is 0 Å². The highest BCUT2D eigenvalue weighted by atomic mass is 16.5. The Morgan fingerprint density at radius 1 is 1.29 bits per heavy atom. The van der Waals surface area contributed by atoms with Gasteiger partial charge in [-0.15, -0.1) is 0 Å². The summed E-state index contributed by atoms with van der Waals surface area (Å²) in [4.78, 5) is 26.1. The van der Waals surface area contributed by atoms with E-state index in [4.69, 9.17) is 4.74 Å². The summed E-state index contributed by atoms with van der Waals surface area (Å²) in [5.74, 6) is -1.08. The lowest BCUT2D eigenvalue weighted by molar-refractivity contribution is -0.144. The highest BCUT2D eigenvalue weighted by molar-refractivity contribution is 6.39. The van der Waals surface area contributed by atoms with Crippen molar-refractivity contribution < 1.29 is 14.3 Å². The van der Waals surface area contributed by atoms with Crippen LogP contribution in [-0.4, -0.2) is 42.5 Å². The summed E-state index contributed by atoms with van der Waals surface area (Å²) in [7, 11) is 0. The van der Waals surface area contributed by atoms with Crippen LogP contribution in [0.4, 0.5) is 5.69 Å². The minimum absolute atomic E-state index is 0.0179. The van der Waals surface area contributed by atoms with Gasteiger partial charge in [-0.05, 0) is 44.4 Å². The average Bonchev–Trinajstić information content (AvgIpc) is 2.67. The van der Waals surface area contributed by atoms with Gasteiger partial charge in [-0.25, -0.2) is 0 Å². The van der Waals surface area contributed by atoms with E-state index in [1.54, 1.807) is 4.90 Å². The molecule has 1 aromatic rings. The van der Waals surface area contributed by atoms with Crippen molar-refractivity contribution in [2.45, 2.75) is 33.2 Å². The number of carbonyl (C=O) groups is 2. The molecule has 0 aromatic heterocycles. The summed E-state index contributed by atoms with van der Waals surface area (Å²) in [5.41, 5.74) is 2.75.